The summed E-state index contributed by atoms with van der Waals surface area (Å²) in [5.74, 6) is 0. The van der Waals surface area contributed by atoms with Crippen LogP contribution in [0.25, 0.3) is 0 Å². The van der Waals surface area contributed by atoms with Crippen LogP contribution in [0, 0.1) is 0 Å². The third-order valence-corrected chi connectivity index (χ3v) is 3.66. The molecule has 1 aromatic heterocycles. The molecule has 0 saturated heterocycles. The zero-order valence-corrected chi connectivity index (χ0v) is 11.7. The normalized spacial score (nSPS) is 13.5. The molecule has 0 saturated carbocycles. The molecule has 1 heterocycles. The van der Waals surface area contributed by atoms with Crippen LogP contribution < -0.4 is 10.5 Å². The molecule has 1 rings (SSSR count). The molecule has 1 unspecified atom stereocenters. The number of hydrogen-bond donors (Lipinski definition) is 2. The van der Waals surface area contributed by atoms with Crippen LogP contribution in [0.15, 0.2) is 23.2 Å². The first kappa shape index (κ1) is 15.1. The summed E-state index contributed by atoms with van der Waals surface area (Å²) in [6.07, 6.45) is 4.21. The van der Waals surface area contributed by atoms with Gasteiger partial charge in [-0.2, -0.15) is 0 Å². The first-order chi connectivity index (χ1) is 8.47. The molecule has 0 aliphatic heterocycles. The predicted molar refractivity (Wildman–Crippen MR) is 71.7 cm³/mol. The van der Waals surface area contributed by atoms with Gasteiger partial charge in [-0.25, -0.2) is 13.6 Å². The second-order valence-electron chi connectivity index (χ2n) is 4.29. The van der Waals surface area contributed by atoms with Gasteiger partial charge in [-0.1, -0.05) is 13.8 Å². The Hall–Kier alpha value is -0.980. The first-order valence-electron chi connectivity index (χ1n) is 6.18. The van der Waals surface area contributed by atoms with Crippen LogP contribution in [-0.4, -0.2) is 26.0 Å². The third kappa shape index (κ3) is 4.72. The van der Waals surface area contributed by atoms with Gasteiger partial charge in [0.2, 0.25) is 10.0 Å². The van der Waals surface area contributed by atoms with Crippen LogP contribution in [0.5, 0.6) is 0 Å². The van der Waals surface area contributed by atoms with E-state index in [9.17, 15) is 8.42 Å². The minimum absolute atomic E-state index is 0.0563. The second kappa shape index (κ2) is 6.82. The largest absolute Gasteiger partial charge is 0.314 e. The molecule has 6 heteroatoms. The van der Waals surface area contributed by atoms with Crippen molar-refractivity contribution in [2.24, 2.45) is 5.14 Å². The molecule has 18 heavy (non-hydrogen) atoms. The molecule has 3 N–H and O–H groups in total. The van der Waals surface area contributed by atoms with Gasteiger partial charge in [0.05, 0.1) is 0 Å². The van der Waals surface area contributed by atoms with Gasteiger partial charge in [-0.3, -0.25) is 4.98 Å². The van der Waals surface area contributed by atoms with Crippen molar-refractivity contribution in [1.29, 1.82) is 0 Å². The van der Waals surface area contributed by atoms with Gasteiger partial charge in [0.15, 0.2) is 0 Å². The number of primary sulfonamides is 1. The lowest BCUT2D eigenvalue weighted by atomic mass is 10.1. The molecule has 0 bridgehead atoms. The molecule has 0 radical (unpaired) electrons. The molecule has 1 atom stereocenters. The van der Waals surface area contributed by atoms with Crippen LogP contribution in [0.1, 0.15) is 32.4 Å². The molecule has 1 aromatic rings. The summed E-state index contributed by atoms with van der Waals surface area (Å²) in [5, 5.41) is 8.45. The third-order valence-electron chi connectivity index (χ3n) is 2.76. The molecule has 102 valence electrons. The van der Waals surface area contributed by atoms with Crippen molar-refractivity contribution in [3.63, 3.8) is 0 Å². The van der Waals surface area contributed by atoms with E-state index in [1.54, 1.807) is 6.07 Å². The summed E-state index contributed by atoms with van der Waals surface area (Å²) in [5.41, 5.74) is 0.873. The lowest BCUT2D eigenvalue weighted by Gasteiger charge is -2.15. The predicted octanol–water partition coefficient (Wildman–Crippen LogP) is 1.05. The van der Waals surface area contributed by atoms with Crippen LogP contribution in [-0.2, 0) is 16.4 Å². The molecule has 0 aliphatic rings. The van der Waals surface area contributed by atoms with E-state index in [1.165, 1.54) is 12.3 Å². The zero-order chi connectivity index (χ0) is 13.6. The number of nitrogens with zero attached hydrogens (tertiary/aromatic N) is 1. The fraction of sp³-hybridized carbons (Fsp3) is 0.583. The summed E-state index contributed by atoms with van der Waals surface area (Å²) >= 11 is 0. The fourth-order valence-electron chi connectivity index (χ4n) is 1.66. The van der Waals surface area contributed by atoms with Crippen molar-refractivity contribution >= 4 is 10.0 Å². The summed E-state index contributed by atoms with van der Waals surface area (Å²) in [4.78, 5) is 4.20. The number of rotatable bonds is 7. The van der Waals surface area contributed by atoms with E-state index in [1.807, 2.05) is 0 Å². The molecular formula is C12H21N3O2S. The number of pyridine rings is 1. The lowest BCUT2D eigenvalue weighted by Crippen LogP contribution is -2.31. The number of nitrogens with one attached hydrogen (secondary N) is 1. The van der Waals surface area contributed by atoms with Crippen molar-refractivity contribution in [2.75, 3.05) is 6.54 Å². The summed E-state index contributed by atoms with van der Waals surface area (Å²) < 4.78 is 22.2. The van der Waals surface area contributed by atoms with Crippen molar-refractivity contribution < 1.29 is 8.42 Å². The summed E-state index contributed by atoms with van der Waals surface area (Å²) in [6, 6.07) is 3.60. The van der Waals surface area contributed by atoms with Gasteiger partial charge >= 0.3 is 0 Å². The van der Waals surface area contributed by atoms with Crippen LogP contribution in [0.2, 0.25) is 0 Å². The smallest absolute Gasteiger partial charge is 0.239 e. The van der Waals surface area contributed by atoms with Gasteiger partial charge in [0.1, 0.15) is 4.90 Å². The van der Waals surface area contributed by atoms with Gasteiger partial charge < -0.3 is 5.32 Å². The highest BCUT2D eigenvalue weighted by molar-refractivity contribution is 7.89. The van der Waals surface area contributed by atoms with Crippen LogP contribution >= 0.6 is 0 Å². The van der Waals surface area contributed by atoms with Crippen LogP contribution in [0.3, 0.4) is 0 Å². The number of aromatic nitrogens is 1. The fourth-order valence-corrected chi connectivity index (χ4v) is 2.12. The average molecular weight is 271 g/mol. The summed E-state index contributed by atoms with van der Waals surface area (Å²) in [7, 11) is -3.65. The quantitative estimate of drug-likeness (QED) is 0.776. The van der Waals surface area contributed by atoms with Crippen molar-refractivity contribution in [1.82, 2.24) is 10.3 Å². The first-order valence-corrected chi connectivity index (χ1v) is 7.73. The Balaban J connectivity index is 2.68. The number of nitrogens with two attached hydrogens (primary N) is 1. The highest BCUT2D eigenvalue weighted by Gasteiger charge is 2.10. The minimum atomic E-state index is -3.65. The van der Waals surface area contributed by atoms with E-state index >= 15 is 0 Å². The van der Waals surface area contributed by atoms with Gasteiger partial charge in [-0.15, -0.1) is 0 Å². The van der Waals surface area contributed by atoms with E-state index in [0.29, 0.717) is 6.04 Å². The van der Waals surface area contributed by atoms with E-state index in [0.717, 1.165) is 31.5 Å². The minimum Gasteiger partial charge on any atom is -0.314 e. The lowest BCUT2D eigenvalue weighted by molar-refractivity contribution is 0.490. The van der Waals surface area contributed by atoms with Crippen LogP contribution in [0.4, 0.5) is 0 Å². The van der Waals surface area contributed by atoms with E-state index in [4.69, 9.17) is 5.14 Å². The van der Waals surface area contributed by atoms with Gasteiger partial charge in [-0.05, 0) is 31.5 Å². The van der Waals surface area contributed by atoms with E-state index < -0.39 is 10.0 Å². The van der Waals surface area contributed by atoms with Gasteiger partial charge in [0.25, 0.3) is 0 Å². The van der Waals surface area contributed by atoms with Crippen molar-refractivity contribution in [3.8, 4) is 0 Å². The molecule has 0 spiro atoms. The SMILES string of the molecule is CCCNC(CC)Cc1ccc(S(N)(=O)=O)cn1. The summed E-state index contributed by atoms with van der Waals surface area (Å²) in [6.45, 7) is 5.22. The molecular weight excluding hydrogens is 250 g/mol. The highest BCUT2D eigenvalue weighted by atomic mass is 32.2. The molecule has 0 amide bonds. The molecule has 0 aliphatic carbocycles. The maximum Gasteiger partial charge on any atom is 0.239 e. The highest BCUT2D eigenvalue weighted by Crippen LogP contribution is 2.08. The topological polar surface area (TPSA) is 85.1 Å². The maximum absolute atomic E-state index is 11.1. The Morgan fingerprint density at radius 2 is 2.11 bits per heavy atom. The Bertz CT molecular complexity index is 457. The molecule has 0 fully saturated rings. The van der Waals surface area contributed by atoms with Gasteiger partial charge in [0, 0.05) is 24.4 Å². The van der Waals surface area contributed by atoms with Crippen molar-refractivity contribution in [2.45, 2.75) is 44.0 Å². The second-order valence-corrected chi connectivity index (χ2v) is 5.86. The zero-order valence-electron chi connectivity index (χ0n) is 10.9. The number of sulfonamides is 1. The Morgan fingerprint density at radius 3 is 2.56 bits per heavy atom. The monoisotopic (exact) mass is 271 g/mol. The Labute approximate surface area is 109 Å². The molecule has 5 nitrogen and oxygen atoms in total. The Kier molecular flexibility index (Phi) is 5.71. The molecule has 0 aromatic carbocycles. The maximum atomic E-state index is 11.1. The Morgan fingerprint density at radius 1 is 1.39 bits per heavy atom. The van der Waals surface area contributed by atoms with E-state index in [2.05, 4.69) is 24.1 Å². The van der Waals surface area contributed by atoms with Crippen molar-refractivity contribution in [3.05, 3.63) is 24.0 Å². The standard InChI is InChI=1S/C12H21N3O2S/c1-3-7-14-10(4-2)8-11-5-6-12(9-15-11)18(13,16)17/h5-6,9-10,14H,3-4,7-8H2,1-2H3,(H2,13,16,17). The average Bonchev–Trinajstić information content (AvgIpc) is 2.34. The number of hydrogen-bond acceptors (Lipinski definition) is 4. The van der Waals surface area contributed by atoms with E-state index in [-0.39, 0.29) is 4.90 Å².